The van der Waals surface area contributed by atoms with E-state index < -0.39 is 29.5 Å². The minimum atomic E-state index is -0.832. The fraction of sp³-hybridized carbons (Fsp3) is 0.222. The standard InChI is InChI=1S/C18H16Cl2F2N2O2/c1-10(24-18(26)14-3-2-4-15(19)16(14)20)17(25)23-6-5-11-7-12(21)9-13(22)8-11/h2-4,7-10H,5-6H2,1H3,(H,23,25)(H,24,26). The zero-order valence-corrected chi connectivity index (χ0v) is 15.3. The van der Waals surface area contributed by atoms with E-state index in [1.807, 2.05) is 0 Å². The van der Waals surface area contributed by atoms with Crippen LogP contribution in [0.2, 0.25) is 10.0 Å². The van der Waals surface area contributed by atoms with Gasteiger partial charge in [-0.2, -0.15) is 0 Å². The molecule has 0 fully saturated rings. The molecule has 138 valence electrons. The van der Waals surface area contributed by atoms with Crippen molar-refractivity contribution in [2.45, 2.75) is 19.4 Å². The summed E-state index contributed by atoms with van der Waals surface area (Å²) in [6.45, 7) is 1.67. The van der Waals surface area contributed by atoms with Crippen LogP contribution in [0.1, 0.15) is 22.8 Å². The molecular formula is C18H16Cl2F2N2O2. The molecule has 1 atom stereocenters. The molecule has 1 unspecified atom stereocenters. The van der Waals surface area contributed by atoms with Crippen molar-refractivity contribution >= 4 is 35.0 Å². The minimum Gasteiger partial charge on any atom is -0.354 e. The second-order valence-corrected chi connectivity index (χ2v) is 6.40. The Labute approximate surface area is 159 Å². The van der Waals surface area contributed by atoms with Gasteiger partial charge in [0.1, 0.15) is 17.7 Å². The maximum Gasteiger partial charge on any atom is 0.253 e. The molecule has 8 heteroatoms. The highest BCUT2D eigenvalue weighted by atomic mass is 35.5. The molecule has 0 saturated heterocycles. The van der Waals surface area contributed by atoms with E-state index in [0.29, 0.717) is 5.56 Å². The highest BCUT2D eigenvalue weighted by Crippen LogP contribution is 2.25. The van der Waals surface area contributed by atoms with Crippen molar-refractivity contribution in [3.8, 4) is 0 Å². The molecule has 2 aromatic carbocycles. The Morgan fingerprint density at radius 2 is 1.77 bits per heavy atom. The third kappa shape index (κ3) is 5.41. The van der Waals surface area contributed by atoms with Gasteiger partial charge in [0.25, 0.3) is 5.91 Å². The summed E-state index contributed by atoms with van der Waals surface area (Å²) in [6, 6.07) is 6.95. The Balaban J connectivity index is 1.87. The van der Waals surface area contributed by atoms with Gasteiger partial charge in [0.15, 0.2) is 0 Å². The van der Waals surface area contributed by atoms with Gasteiger partial charge in [0, 0.05) is 12.6 Å². The maximum absolute atomic E-state index is 13.1. The summed E-state index contributed by atoms with van der Waals surface area (Å²) in [5.41, 5.74) is 0.583. The highest BCUT2D eigenvalue weighted by molar-refractivity contribution is 6.43. The molecule has 4 nitrogen and oxygen atoms in total. The Bertz CT molecular complexity index is 811. The number of carbonyl (C=O) groups is 2. The van der Waals surface area contributed by atoms with E-state index in [1.54, 1.807) is 12.1 Å². The van der Waals surface area contributed by atoms with Gasteiger partial charge in [-0.25, -0.2) is 8.78 Å². The van der Waals surface area contributed by atoms with Crippen molar-refractivity contribution in [3.63, 3.8) is 0 Å². The van der Waals surface area contributed by atoms with Crippen molar-refractivity contribution in [3.05, 3.63) is 69.2 Å². The number of carbonyl (C=O) groups excluding carboxylic acids is 2. The molecule has 2 aromatic rings. The van der Waals surface area contributed by atoms with E-state index in [0.717, 1.165) is 6.07 Å². The van der Waals surface area contributed by atoms with Gasteiger partial charge in [-0.15, -0.1) is 0 Å². The lowest BCUT2D eigenvalue weighted by molar-refractivity contribution is -0.122. The van der Waals surface area contributed by atoms with Crippen LogP contribution in [0, 0.1) is 11.6 Å². The van der Waals surface area contributed by atoms with Crippen molar-refractivity contribution < 1.29 is 18.4 Å². The second-order valence-electron chi connectivity index (χ2n) is 5.62. The molecule has 26 heavy (non-hydrogen) atoms. The SMILES string of the molecule is CC(NC(=O)c1cccc(Cl)c1Cl)C(=O)NCCc1cc(F)cc(F)c1. The van der Waals surface area contributed by atoms with Crippen LogP contribution < -0.4 is 10.6 Å². The van der Waals surface area contributed by atoms with Crippen LogP contribution in [0.5, 0.6) is 0 Å². The van der Waals surface area contributed by atoms with Crippen LogP contribution in [0.15, 0.2) is 36.4 Å². The highest BCUT2D eigenvalue weighted by Gasteiger charge is 2.19. The molecule has 2 rings (SSSR count). The molecule has 0 aliphatic carbocycles. The molecule has 0 saturated carbocycles. The van der Waals surface area contributed by atoms with Gasteiger partial charge >= 0.3 is 0 Å². The Morgan fingerprint density at radius 3 is 2.42 bits per heavy atom. The average molecular weight is 401 g/mol. The molecule has 0 aliphatic heterocycles. The molecule has 0 bridgehead atoms. The Hall–Kier alpha value is -2.18. The number of nitrogens with one attached hydrogen (secondary N) is 2. The molecule has 2 N–H and O–H groups in total. The third-order valence-electron chi connectivity index (χ3n) is 3.57. The van der Waals surface area contributed by atoms with Crippen molar-refractivity contribution in [2.24, 2.45) is 0 Å². The zero-order valence-electron chi connectivity index (χ0n) is 13.8. The minimum absolute atomic E-state index is 0.104. The van der Waals surface area contributed by atoms with Crippen LogP contribution in [-0.2, 0) is 11.2 Å². The van der Waals surface area contributed by atoms with Gasteiger partial charge in [0.05, 0.1) is 15.6 Å². The van der Waals surface area contributed by atoms with E-state index in [9.17, 15) is 18.4 Å². The molecule has 0 aromatic heterocycles. The number of amides is 2. The summed E-state index contributed by atoms with van der Waals surface area (Å²) in [5, 5.41) is 5.45. The monoisotopic (exact) mass is 400 g/mol. The summed E-state index contributed by atoms with van der Waals surface area (Å²) in [7, 11) is 0. The number of hydrogen-bond acceptors (Lipinski definition) is 2. The summed E-state index contributed by atoms with van der Waals surface area (Å²) in [5.74, 6) is -2.32. The van der Waals surface area contributed by atoms with Gasteiger partial charge in [0.2, 0.25) is 5.91 Å². The topological polar surface area (TPSA) is 58.2 Å². The fourth-order valence-corrected chi connectivity index (χ4v) is 2.64. The molecule has 0 heterocycles. The summed E-state index contributed by atoms with van der Waals surface area (Å²) >= 11 is 11.8. The van der Waals surface area contributed by atoms with Crippen LogP contribution in [0.3, 0.4) is 0 Å². The van der Waals surface area contributed by atoms with Crippen molar-refractivity contribution in [1.82, 2.24) is 10.6 Å². The first kappa shape index (κ1) is 20.1. The smallest absolute Gasteiger partial charge is 0.253 e. The quantitative estimate of drug-likeness (QED) is 0.775. The second kappa shape index (κ2) is 8.96. The van der Waals surface area contributed by atoms with E-state index >= 15 is 0 Å². The Kier molecular flexibility index (Phi) is 6.94. The predicted molar refractivity (Wildman–Crippen MR) is 96.5 cm³/mol. The summed E-state index contributed by atoms with van der Waals surface area (Å²) in [6.07, 6.45) is 0.251. The van der Waals surface area contributed by atoms with Crippen molar-refractivity contribution in [1.29, 1.82) is 0 Å². The lowest BCUT2D eigenvalue weighted by atomic mass is 10.1. The van der Waals surface area contributed by atoms with Gasteiger partial charge < -0.3 is 10.6 Å². The normalized spacial score (nSPS) is 11.7. The van der Waals surface area contributed by atoms with E-state index in [-0.39, 0.29) is 28.6 Å². The molecule has 0 aliphatic rings. The summed E-state index contributed by atoms with van der Waals surface area (Å²) < 4.78 is 26.2. The van der Waals surface area contributed by atoms with Crippen molar-refractivity contribution in [2.75, 3.05) is 6.54 Å². The third-order valence-corrected chi connectivity index (χ3v) is 4.39. The first-order chi connectivity index (χ1) is 12.3. The first-order valence-corrected chi connectivity index (χ1v) is 8.51. The van der Waals surface area contributed by atoms with Crippen LogP contribution in [0.25, 0.3) is 0 Å². The van der Waals surface area contributed by atoms with Crippen LogP contribution in [0.4, 0.5) is 8.78 Å². The van der Waals surface area contributed by atoms with Crippen LogP contribution in [-0.4, -0.2) is 24.4 Å². The Morgan fingerprint density at radius 1 is 1.12 bits per heavy atom. The largest absolute Gasteiger partial charge is 0.354 e. The number of benzene rings is 2. The van der Waals surface area contributed by atoms with E-state index in [2.05, 4.69) is 10.6 Å². The molecular weight excluding hydrogens is 385 g/mol. The lowest BCUT2D eigenvalue weighted by Crippen LogP contribution is -2.45. The molecule has 0 radical (unpaired) electrons. The first-order valence-electron chi connectivity index (χ1n) is 7.75. The van der Waals surface area contributed by atoms with Gasteiger partial charge in [-0.1, -0.05) is 29.3 Å². The molecule has 2 amide bonds. The molecule has 0 spiro atoms. The van der Waals surface area contributed by atoms with E-state index in [4.69, 9.17) is 23.2 Å². The van der Waals surface area contributed by atoms with Gasteiger partial charge in [-0.05, 0) is 43.2 Å². The van der Waals surface area contributed by atoms with Crippen LogP contribution >= 0.6 is 23.2 Å². The summed E-state index contributed by atoms with van der Waals surface area (Å²) in [4.78, 5) is 24.2. The number of halogens is 4. The fourth-order valence-electron chi connectivity index (χ4n) is 2.26. The zero-order chi connectivity index (χ0) is 19.3. The van der Waals surface area contributed by atoms with Gasteiger partial charge in [-0.3, -0.25) is 9.59 Å². The lowest BCUT2D eigenvalue weighted by Gasteiger charge is -2.15. The number of hydrogen-bond donors (Lipinski definition) is 2. The van der Waals surface area contributed by atoms with E-state index in [1.165, 1.54) is 25.1 Å². The average Bonchev–Trinajstić information content (AvgIpc) is 2.56. The number of rotatable bonds is 6. The maximum atomic E-state index is 13.1. The predicted octanol–water partition coefficient (Wildman–Crippen LogP) is 3.75.